The molecule has 0 saturated carbocycles. The van der Waals surface area contributed by atoms with E-state index >= 15 is 0 Å². The van der Waals surface area contributed by atoms with E-state index < -0.39 is 9.84 Å². The summed E-state index contributed by atoms with van der Waals surface area (Å²) in [5.41, 5.74) is 0. The first-order valence-corrected chi connectivity index (χ1v) is 9.21. The quantitative estimate of drug-likeness (QED) is 0.821. The van der Waals surface area contributed by atoms with Crippen LogP contribution >= 0.6 is 0 Å². The number of nitrogens with zero attached hydrogens (tertiary/aromatic N) is 1. The van der Waals surface area contributed by atoms with Gasteiger partial charge < -0.3 is 10.2 Å². The van der Waals surface area contributed by atoms with Gasteiger partial charge in [0.05, 0.1) is 5.75 Å². The van der Waals surface area contributed by atoms with E-state index in [0.29, 0.717) is 5.75 Å². The van der Waals surface area contributed by atoms with E-state index in [4.69, 9.17) is 0 Å². The lowest BCUT2D eigenvalue weighted by Crippen LogP contribution is -2.40. The first-order chi connectivity index (χ1) is 8.54. The van der Waals surface area contributed by atoms with Gasteiger partial charge in [0.15, 0.2) is 0 Å². The molecule has 0 unspecified atom stereocenters. The molecule has 0 aromatic rings. The summed E-state index contributed by atoms with van der Waals surface area (Å²) in [5.74, 6) is 2.09. The smallest absolute Gasteiger partial charge is 0.148 e. The van der Waals surface area contributed by atoms with Crippen LogP contribution in [-0.4, -0.2) is 58.1 Å². The molecule has 4 nitrogen and oxygen atoms in total. The van der Waals surface area contributed by atoms with Crippen molar-refractivity contribution in [3.63, 3.8) is 0 Å². The Morgan fingerprint density at radius 3 is 2.17 bits per heavy atom. The second-order valence-corrected chi connectivity index (χ2v) is 8.16. The number of nitrogens with one attached hydrogen (secondary N) is 1. The van der Waals surface area contributed by atoms with Crippen LogP contribution in [0.1, 0.15) is 25.7 Å². The fourth-order valence-corrected chi connectivity index (χ4v) is 3.85. The van der Waals surface area contributed by atoms with Gasteiger partial charge in [0.1, 0.15) is 9.84 Å². The Hall–Kier alpha value is -0.130. The third kappa shape index (κ3) is 4.52. The molecule has 2 aliphatic heterocycles. The van der Waals surface area contributed by atoms with Gasteiger partial charge in [-0.1, -0.05) is 0 Å². The zero-order valence-electron chi connectivity index (χ0n) is 11.4. The van der Waals surface area contributed by atoms with Crippen molar-refractivity contribution in [2.24, 2.45) is 11.8 Å². The molecule has 0 aromatic carbocycles. The van der Waals surface area contributed by atoms with Crippen LogP contribution in [0, 0.1) is 11.8 Å². The molecule has 2 saturated heterocycles. The van der Waals surface area contributed by atoms with Crippen LogP contribution in [0.5, 0.6) is 0 Å². The zero-order chi connectivity index (χ0) is 13.0. The first-order valence-electron chi connectivity index (χ1n) is 7.15. The fourth-order valence-electron chi connectivity index (χ4n) is 3.26. The molecule has 0 atom stereocenters. The van der Waals surface area contributed by atoms with Gasteiger partial charge in [0, 0.05) is 12.8 Å². The maximum absolute atomic E-state index is 11.2. The molecule has 0 amide bonds. The SMILES string of the molecule is CS(=O)(=O)CCN1CCC(C2CCNCC2)CC1. The van der Waals surface area contributed by atoms with Gasteiger partial charge >= 0.3 is 0 Å². The molecule has 18 heavy (non-hydrogen) atoms. The highest BCUT2D eigenvalue weighted by Crippen LogP contribution is 2.30. The fraction of sp³-hybridized carbons (Fsp3) is 1.00. The zero-order valence-corrected chi connectivity index (χ0v) is 12.2. The maximum Gasteiger partial charge on any atom is 0.148 e. The van der Waals surface area contributed by atoms with Crippen LogP contribution in [0.2, 0.25) is 0 Å². The Bertz CT molecular complexity index is 342. The molecule has 1 N–H and O–H groups in total. The third-order valence-electron chi connectivity index (χ3n) is 4.46. The number of likely N-dealkylation sites (tertiary alicyclic amines) is 1. The monoisotopic (exact) mass is 274 g/mol. The van der Waals surface area contributed by atoms with Gasteiger partial charge in [-0.15, -0.1) is 0 Å². The van der Waals surface area contributed by atoms with Gasteiger partial charge in [0.2, 0.25) is 0 Å². The lowest BCUT2D eigenvalue weighted by atomic mass is 9.79. The number of hydrogen-bond acceptors (Lipinski definition) is 4. The summed E-state index contributed by atoms with van der Waals surface area (Å²) in [7, 11) is -2.81. The second-order valence-electron chi connectivity index (χ2n) is 5.90. The van der Waals surface area contributed by atoms with E-state index in [1.807, 2.05) is 0 Å². The minimum Gasteiger partial charge on any atom is -0.317 e. The molecule has 0 radical (unpaired) electrons. The molecule has 0 aliphatic carbocycles. The Balaban J connectivity index is 1.70. The van der Waals surface area contributed by atoms with Gasteiger partial charge in [0.25, 0.3) is 0 Å². The van der Waals surface area contributed by atoms with Crippen LogP contribution in [0.3, 0.4) is 0 Å². The Morgan fingerprint density at radius 2 is 1.61 bits per heavy atom. The summed E-state index contributed by atoms with van der Waals surface area (Å²) in [5, 5.41) is 3.42. The largest absolute Gasteiger partial charge is 0.317 e. The lowest BCUT2D eigenvalue weighted by Gasteiger charge is -2.37. The van der Waals surface area contributed by atoms with E-state index in [2.05, 4.69) is 10.2 Å². The molecular weight excluding hydrogens is 248 g/mol. The summed E-state index contributed by atoms with van der Waals surface area (Å²) in [6, 6.07) is 0. The van der Waals surface area contributed by atoms with Crippen molar-refractivity contribution in [2.45, 2.75) is 25.7 Å². The van der Waals surface area contributed by atoms with Crippen LogP contribution < -0.4 is 5.32 Å². The molecule has 2 aliphatic rings. The number of piperidine rings is 2. The van der Waals surface area contributed by atoms with E-state index in [1.165, 1.54) is 45.0 Å². The van der Waals surface area contributed by atoms with Crippen molar-refractivity contribution in [2.75, 3.05) is 44.7 Å². The molecule has 2 heterocycles. The van der Waals surface area contributed by atoms with Crippen molar-refractivity contribution in [1.82, 2.24) is 10.2 Å². The van der Waals surface area contributed by atoms with Crippen LogP contribution in [-0.2, 0) is 9.84 Å². The highest BCUT2D eigenvalue weighted by Gasteiger charge is 2.27. The van der Waals surface area contributed by atoms with Gasteiger partial charge in [-0.2, -0.15) is 0 Å². The molecule has 0 aromatic heterocycles. The molecule has 106 valence electrons. The topological polar surface area (TPSA) is 49.4 Å². The summed E-state index contributed by atoms with van der Waals surface area (Å²) >= 11 is 0. The molecule has 0 bridgehead atoms. The number of sulfone groups is 1. The number of rotatable bonds is 4. The number of hydrogen-bond donors (Lipinski definition) is 1. The summed E-state index contributed by atoms with van der Waals surface area (Å²) in [6.45, 7) is 5.25. The van der Waals surface area contributed by atoms with E-state index in [0.717, 1.165) is 31.5 Å². The molecule has 0 spiro atoms. The Labute approximate surface area is 111 Å². The van der Waals surface area contributed by atoms with E-state index in [-0.39, 0.29) is 0 Å². The summed E-state index contributed by atoms with van der Waals surface area (Å²) < 4.78 is 22.3. The second kappa shape index (κ2) is 6.35. The van der Waals surface area contributed by atoms with Crippen molar-refractivity contribution in [1.29, 1.82) is 0 Å². The third-order valence-corrected chi connectivity index (χ3v) is 5.39. The van der Waals surface area contributed by atoms with Crippen LogP contribution in [0.4, 0.5) is 0 Å². The van der Waals surface area contributed by atoms with Gasteiger partial charge in [-0.05, 0) is 63.7 Å². The van der Waals surface area contributed by atoms with Crippen LogP contribution in [0.25, 0.3) is 0 Å². The Kier molecular flexibility index (Phi) is 5.04. The lowest BCUT2D eigenvalue weighted by molar-refractivity contribution is 0.135. The maximum atomic E-state index is 11.2. The minimum atomic E-state index is -2.81. The Morgan fingerprint density at radius 1 is 1.06 bits per heavy atom. The van der Waals surface area contributed by atoms with Crippen molar-refractivity contribution in [3.8, 4) is 0 Å². The van der Waals surface area contributed by atoms with Crippen molar-refractivity contribution in [3.05, 3.63) is 0 Å². The normalized spacial score (nSPS) is 25.4. The minimum absolute atomic E-state index is 0.311. The average Bonchev–Trinajstić information content (AvgIpc) is 2.37. The molecule has 2 fully saturated rings. The summed E-state index contributed by atoms with van der Waals surface area (Å²) in [6.07, 6.45) is 6.50. The predicted molar refractivity (Wildman–Crippen MR) is 74.5 cm³/mol. The molecular formula is C13H26N2O2S. The molecule has 2 rings (SSSR count). The highest BCUT2D eigenvalue weighted by molar-refractivity contribution is 7.90. The predicted octanol–water partition coefficient (Wildman–Crippen LogP) is 0.743. The molecule has 5 heteroatoms. The average molecular weight is 274 g/mol. The van der Waals surface area contributed by atoms with Gasteiger partial charge in [-0.25, -0.2) is 8.42 Å². The van der Waals surface area contributed by atoms with Crippen molar-refractivity contribution >= 4 is 9.84 Å². The first kappa shape index (κ1) is 14.3. The van der Waals surface area contributed by atoms with Crippen molar-refractivity contribution < 1.29 is 8.42 Å². The standard InChI is InChI=1S/C13H26N2O2S/c1-18(16,17)11-10-15-8-4-13(5-9-15)12-2-6-14-7-3-12/h12-14H,2-11H2,1H3. The van der Waals surface area contributed by atoms with Gasteiger partial charge in [-0.3, -0.25) is 0 Å². The summed E-state index contributed by atoms with van der Waals surface area (Å²) in [4.78, 5) is 2.32. The van der Waals surface area contributed by atoms with E-state index in [9.17, 15) is 8.42 Å². The van der Waals surface area contributed by atoms with Crippen LogP contribution in [0.15, 0.2) is 0 Å². The van der Waals surface area contributed by atoms with E-state index in [1.54, 1.807) is 0 Å². The highest BCUT2D eigenvalue weighted by atomic mass is 32.2.